The van der Waals surface area contributed by atoms with Crippen molar-refractivity contribution in [3.8, 4) is 33.5 Å². The van der Waals surface area contributed by atoms with Gasteiger partial charge < -0.3 is 4.52 Å². The van der Waals surface area contributed by atoms with Crippen LogP contribution in [-0.4, -0.2) is 30.0 Å². The van der Waals surface area contributed by atoms with Crippen LogP contribution >= 0.6 is 0 Å². The molecule has 6 aromatic rings. The Morgan fingerprint density at radius 2 is 1.54 bits per heavy atom. The lowest BCUT2D eigenvalue weighted by Crippen LogP contribution is -2.12. The van der Waals surface area contributed by atoms with Crippen molar-refractivity contribution in [2.75, 3.05) is 0 Å². The number of pyridine rings is 1. The van der Waals surface area contributed by atoms with Crippen molar-refractivity contribution < 1.29 is 8.91 Å². The molecule has 8 nitrogen and oxygen atoms in total. The van der Waals surface area contributed by atoms with Gasteiger partial charge in [0.1, 0.15) is 17.8 Å². The molecular formula is C28H25FN6O2. The third-order valence-corrected chi connectivity index (χ3v) is 5.36. The molecule has 0 amide bonds. The summed E-state index contributed by atoms with van der Waals surface area (Å²) in [7, 11) is 0. The topological polar surface area (TPSA) is 102 Å². The van der Waals surface area contributed by atoms with Crippen molar-refractivity contribution in [1.29, 1.82) is 0 Å². The van der Waals surface area contributed by atoms with E-state index in [1.54, 1.807) is 37.0 Å². The zero-order valence-electron chi connectivity index (χ0n) is 20.6. The van der Waals surface area contributed by atoms with Gasteiger partial charge in [0.05, 0.1) is 6.20 Å². The van der Waals surface area contributed by atoms with E-state index >= 15 is 0 Å². The number of halogens is 1. The molecule has 1 N–H and O–H groups in total. The highest BCUT2D eigenvalue weighted by atomic mass is 19.1. The molecule has 4 aromatic heterocycles. The number of aryl methyl sites for hydroxylation is 1. The molecule has 0 bridgehead atoms. The van der Waals surface area contributed by atoms with E-state index in [0.717, 1.165) is 33.5 Å². The summed E-state index contributed by atoms with van der Waals surface area (Å²) < 4.78 is 19.1. The zero-order chi connectivity index (χ0) is 26.2. The maximum Gasteiger partial charge on any atom is 0.364 e. The standard InChI is InChI=1S/C16H10FN5O.C10H9NO.C2H6/c17-12-3-1-10(2-4-12)13-9-19-22-15(20-21-16(22)23)14(13)11-5-7-18-8-6-11;1-8-2-4-9(5-3-8)10-6-7-12-11-10;1-2/h1-9H,(H,21,23);2-7H,1H3;1-2H3. The average molecular weight is 497 g/mol. The fourth-order valence-electron chi connectivity index (χ4n) is 3.60. The Labute approximate surface area is 212 Å². The highest BCUT2D eigenvalue weighted by molar-refractivity contribution is 5.90. The van der Waals surface area contributed by atoms with E-state index in [-0.39, 0.29) is 5.82 Å². The highest BCUT2D eigenvalue weighted by Crippen LogP contribution is 2.33. The molecule has 0 spiro atoms. The Balaban J connectivity index is 0.000000192. The van der Waals surface area contributed by atoms with Gasteiger partial charge >= 0.3 is 5.69 Å². The molecule has 0 fully saturated rings. The van der Waals surface area contributed by atoms with E-state index in [1.165, 1.54) is 22.2 Å². The first-order valence-corrected chi connectivity index (χ1v) is 11.7. The summed E-state index contributed by atoms with van der Waals surface area (Å²) in [5, 5.41) is 14.4. The number of benzene rings is 2. The number of aromatic nitrogens is 6. The molecule has 37 heavy (non-hydrogen) atoms. The van der Waals surface area contributed by atoms with Crippen LogP contribution in [0, 0.1) is 12.7 Å². The molecule has 2 aromatic carbocycles. The van der Waals surface area contributed by atoms with Gasteiger partial charge in [0.2, 0.25) is 0 Å². The summed E-state index contributed by atoms with van der Waals surface area (Å²) in [6.45, 7) is 6.06. The van der Waals surface area contributed by atoms with Crippen LogP contribution in [0.15, 0.2) is 101 Å². The van der Waals surface area contributed by atoms with Crippen LogP contribution in [0.3, 0.4) is 0 Å². The minimum Gasteiger partial charge on any atom is -0.364 e. The van der Waals surface area contributed by atoms with E-state index < -0.39 is 5.69 Å². The predicted octanol–water partition coefficient (Wildman–Crippen LogP) is 5.96. The fourth-order valence-corrected chi connectivity index (χ4v) is 3.60. The first-order valence-electron chi connectivity index (χ1n) is 11.7. The minimum absolute atomic E-state index is 0.316. The van der Waals surface area contributed by atoms with Crippen molar-refractivity contribution in [3.05, 3.63) is 113 Å². The Morgan fingerprint density at radius 3 is 2.19 bits per heavy atom. The summed E-state index contributed by atoms with van der Waals surface area (Å²) in [5.74, 6) is -0.316. The Morgan fingerprint density at radius 1 is 0.865 bits per heavy atom. The summed E-state index contributed by atoms with van der Waals surface area (Å²) in [5.41, 5.74) is 6.32. The lowest BCUT2D eigenvalue weighted by Gasteiger charge is -2.10. The van der Waals surface area contributed by atoms with E-state index in [1.807, 2.05) is 44.2 Å². The molecule has 186 valence electrons. The second-order valence-electron chi connectivity index (χ2n) is 7.69. The number of hydrogen-bond donors (Lipinski definition) is 1. The molecule has 0 aliphatic heterocycles. The number of nitrogens with one attached hydrogen (secondary N) is 1. The van der Waals surface area contributed by atoms with Crippen LogP contribution < -0.4 is 5.69 Å². The van der Waals surface area contributed by atoms with Gasteiger partial charge in [0.15, 0.2) is 5.65 Å². The van der Waals surface area contributed by atoms with Crippen molar-refractivity contribution in [1.82, 2.24) is 30.0 Å². The van der Waals surface area contributed by atoms with Crippen LogP contribution in [0.25, 0.3) is 39.2 Å². The first kappa shape index (κ1) is 25.2. The number of aromatic amines is 1. The molecular weight excluding hydrogens is 471 g/mol. The van der Waals surface area contributed by atoms with Gasteiger partial charge in [-0.25, -0.2) is 14.3 Å². The molecule has 0 saturated carbocycles. The smallest absolute Gasteiger partial charge is 0.364 e. The third-order valence-electron chi connectivity index (χ3n) is 5.36. The van der Waals surface area contributed by atoms with Gasteiger partial charge in [0, 0.05) is 35.2 Å². The zero-order valence-corrected chi connectivity index (χ0v) is 20.6. The molecule has 0 aliphatic rings. The van der Waals surface area contributed by atoms with E-state index in [0.29, 0.717) is 5.65 Å². The van der Waals surface area contributed by atoms with Crippen LogP contribution in [0.1, 0.15) is 19.4 Å². The van der Waals surface area contributed by atoms with Gasteiger partial charge in [-0.1, -0.05) is 61.0 Å². The molecule has 6 rings (SSSR count). The van der Waals surface area contributed by atoms with Crippen molar-refractivity contribution >= 4 is 5.65 Å². The lowest BCUT2D eigenvalue weighted by atomic mass is 9.98. The van der Waals surface area contributed by atoms with Gasteiger partial charge in [-0.2, -0.15) is 14.7 Å². The summed E-state index contributed by atoms with van der Waals surface area (Å²) in [6.07, 6.45) is 6.47. The van der Waals surface area contributed by atoms with Crippen molar-refractivity contribution in [3.63, 3.8) is 0 Å². The molecule has 9 heteroatoms. The second kappa shape index (κ2) is 11.7. The maximum atomic E-state index is 13.2. The minimum atomic E-state index is -0.416. The predicted molar refractivity (Wildman–Crippen MR) is 140 cm³/mol. The molecule has 0 atom stereocenters. The number of nitrogens with zero attached hydrogens (tertiary/aromatic N) is 5. The van der Waals surface area contributed by atoms with E-state index in [4.69, 9.17) is 4.52 Å². The van der Waals surface area contributed by atoms with E-state index in [9.17, 15) is 9.18 Å². The number of H-pyrrole nitrogens is 1. The SMILES string of the molecule is CC.Cc1ccc(-c2ccon2)cc1.O=c1[nH]nc2c(-c3ccncc3)c(-c3ccc(F)cc3)cnn12. The van der Waals surface area contributed by atoms with Gasteiger partial charge in [-0.3, -0.25) is 4.98 Å². The van der Waals surface area contributed by atoms with Crippen molar-refractivity contribution in [2.24, 2.45) is 0 Å². The van der Waals surface area contributed by atoms with E-state index in [2.05, 4.69) is 44.5 Å². The average Bonchev–Trinajstić information content (AvgIpc) is 3.62. The third kappa shape index (κ3) is 5.67. The summed E-state index contributed by atoms with van der Waals surface area (Å²) >= 11 is 0. The van der Waals surface area contributed by atoms with Crippen LogP contribution in [-0.2, 0) is 0 Å². The number of hydrogen-bond acceptors (Lipinski definition) is 6. The number of rotatable bonds is 3. The molecule has 0 aliphatic carbocycles. The molecule has 0 radical (unpaired) electrons. The lowest BCUT2D eigenvalue weighted by molar-refractivity contribution is 0.422. The molecule has 0 saturated heterocycles. The normalized spacial score (nSPS) is 10.3. The summed E-state index contributed by atoms with van der Waals surface area (Å²) in [6, 6.07) is 19.8. The fraction of sp³-hybridized carbons (Fsp3) is 0.107. The second-order valence-corrected chi connectivity index (χ2v) is 7.69. The van der Waals surface area contributed by atoms with Crippen LogP contribution in [0.2, 0.25) is 0 Å². The van der Waals surface area contributed by atoms with Gasteiger partial charge in [0.25, 0.3) is 0 Å². The Hall–Kier alpha value is -4.92. The quantitative estimate of drug-likeness (QED) is 0.324. The molecule has 4 heterocycles. The summed E-state index contributed by atoms with van der Waals surface area (Å²) in [4.78, 5) is 15.8. The van der Waals surface area contributed by atoms with Crippen molar-refractivity contribution in [2.45, 2.75) is 20.8 Å². The number of fused-ring (bicyclic) bond motifs is 1. The monoisotopic (exact) mass is 496 g/mol. The van der Waals surface area contributed by atoms with Gasteiger partial charge in [-0.15, -0.1) is 0 Å². The van der Waals surface area contributed by atoms with Gasteiger partial charge in [-0.05, 0) is 42.3 Å². The maximum absolute atomic E-state index is 13.2. The van der Waals surface area contributed by atoms with Crippen LogP contribution in [0.5, 0.6) is 0 Å². The largest absolute Gasteiger partial charge is 0.364 e. The van der Waals surface area contributed by atoms with Crippen LogP contribution in [0.4, 0.5) is 4.39 Å². The molecule has 0 unspecified atom stereocenters. The Bertz CT molecular complexity index is 1610. The highest BCUT2D eigenvalue weighted by Gasteiger charge is 2.16. The Kier molecular flexibility index (Phi) is 7.95. The first-order chi connectivity index (χ1) is 18.1.